The Labute approximate surface area is 146 Å². The van der Waals surface area contributed by atoms with Crippen LogP contribution >= 0.6 is 0 Å². The van der Waals surface area contributed by atoms with Gasteiger partial charge in [-0.2, -0.15) is 0 Å². The fourth-order valence-electron chi connectivity index (χ4n) is 2.36. The van der Waals surface area contributed by atoms with E-state index in [0.717, 1.165) is 17.0 Å². The molecule has 0 aliphatic heterocycles. The number of aromatic carboxylic acids is 1. The van der Waals surface area contributed by atoms with Crippen LogP contribution < -0.4 is 10.6 Å². The van der Waals surface area contributed by atoms with Crippen LogP contribution in [0, 0.1) is 20.8 Å². The van der Waals surface area contributed by atoms with Gasteiger partial charge in [-0.05, 0) is 51.0 Å². The van der Waals surface area contributed by atoms with Crippen molar-refractivity contribution in [2.24, 2.45) is 0 Å². The van der Waals surface area contributed by atoms with Gasteiger partial charge >= 0.3 is 5.97 Å². The molecule has 0 saturated carbocycles. The summed E-state index contributed by atoms with van der Waals surface area (Å²) in [4.78, 5) is 31.6. The van der Waals surface area contributed by atoms with Crippen molar-refractivity contribution in [1.29, 1.82) is 0 Å². The topological polar surface area (TPSA) is 104 Å². The first kappa shape index (κ1) is 18.4. The lowest BCUT2D eigenvalue weighted by Crippen LogP contribution is -2.15. The maximum atomic E-state index is 12.0. The van der Waals surface area contributed by atoms with Crippen molar-refractivity contribution >= 4 is 23.5 Å². The highest BCUT2D eigenvalue weighted by Crippen LogP contribution is 2.17. The summed E-state index contributed by atoms with van der Waals surface area (Å²) >= 11 is 0. The van der Waals surface area contributed by atoms with E-state index in [-0.39, 0.29) is 11.5 Å². The smallest absolute Gasteiger partial charge is 0.335 e. The molecule has 1 aromatic heterocycles. The number of aromatic nitrogens is 2. The minimum absolute atomic E-state index is 0.148. The standard InChI is InChI=1S/C18H22N4O3/c1-11-6-7-14(17(24)25)10-15(11)22-16(23)5-4-8-19-18-20-12(2)9-13(3)21-18/h6-7,9-10H,4-5,8H2,1-3H3,(H,22,23)(H,24,25)(H,19,20,21). The second-order valence-corrected chi connectivity index (χ2v) is 5.89. The number of carboxylic acid groups (broad SMARTS) is 1. The molecule has 0 radical (unpaired) electrons. The third kappa shape index (κ3) is 5.56. The molecule has 2 rings (SSSR count). The van der Waals surface area contributed by atoms with Crippen LogP contribution in [0.1, 0.15) is 40.2 Å². The van der Waals surface area contributed by atoms with E-state index in [4.69, 9.17) is 5.11 Å². The maximum absolute atomic E-state index is 12.0. The van der Waals surface area contributed by atoms with Gasteiger partial charge in [-0.15, -0.1) is 0 Å². The molecule has 1 aromatic carbocycles. The lowest BCUT2D eigenvalue weighted by atomic mass is 10.1. The Bertz CT molecular complexity index is 770. The van der Waals surface area contributed by atoms with Gasteiger partial charge < -0.3 is 15.7 Å². The molecule has 0 atom stereocenters. The quantitative estimate of drug-likeness (QED) is 0.668. The summed E-state index contributed by atoms with van der Waals surface area (Å²) in [5.74, 6) is -0.621. The molecule has 132 valence electrons. The Morgan fingerprint density at radius 2 is 1.76 bits per heavy atom. The molecule has 0 aliphatic carbocycles. The van der Waals surface area contributed by atoms with Crippen molar-refractivity contribution in [2.45, 2.75) is 33.6 Å². The van der Waals surface area contributed by atoms with Gasteiger partial charge in [-0.25, -0.2) is 14.8 Å². The fraction of sp³-hybridized carbons (Fsp3) is 0.333. The van der Waals surface area contributed by atoms with Gasteiger partial charge in [0, 0.05) is 30.0 Å². The van der Waals surface area contributed by atoms with Gasteiger partial charge in [0.15, 0.2) is 0 Å². The second kappa shape index (κ2) is 8.23. The highest BCUT2D eigenvalue weighted by Gasteiger charge is 2.09. The predicted octanol–water partition coefficient (Wildman–Crippen LogP) is 2.93. The summed E-state index contributed by atoms with van der Waals surface area (Å²) in [6, 6.07) is 6.56. The average molecular weight is 342 g/mol. The van der Waals surface area contributed by atoms with Crippen LogP contribution in [-0.4, -0.2) is 33.5 Å². The van der Waals surface area contributed by atoms with Crippen molar-refractivity contribution in [3.8, 4) is 0 Å². The van der Waals surface area contributed by atoms with Gasteiger partial charge in [0.1, 0.15) is 0 Å². The number of hydrogen-bond donors (Lipinski definition) is 3. The molecule has 7 nitrogen and oxygen atoms in total. The molecule has 0 unspecified atom stereocenters. The molecule has 7 heteroatoms. The third-order valence-corrected chi connectivity index (χ3v) is 3.60. The van der Waals surface area contributed by atoms with Crippen molar-refractivity contribution in [2.75, 3.05) is 17.2 Å². The minimum atomic E-state index is -1.02. The van der Waals surface area contributed by atoms with Crippen molar-refractivity contribution in [3.63, 3.8) is 0 Å². The van der Waals surface area contributed by atoms with E-state index in [1.165, 1.54) is 12.1 Å². The molecule has 1 heterocycles. The first-order chi connectivity index (χ1) is 11.8. The van der Waals surface area contributed by atoms with E-state index >= 15 is 0 Å². The first-order valence-corrected chi connectivity index (χ1v) is 8.05. The second-order valence-electron chi connectivity index (χ2n) is 5.89. The number of anilines is 2. The fourth-order valence-corrected chi connectivity index (χ4v) is 2.36. The molecule has 25 heavy (non-hydrogen) atoms. The number of hydrogen-bond acceptors (Lipinski definition) is 5. The van der Waals surface area contributed by atoms with Gasteiger partial charge in [0.2, 0.25) is 11.9 Å². The maximum Gasteiger partial charge on any atom is 0.335 e. The Balaban J connectivity index is 1.83. The highest BCUT2D eigenvalue weighted by molar-refractivity contribution is 5.94. The van der Waals surface area contributed by atoms with Crippen molar-refractivity contribution in [3.05, 3.63) is 46.8 Å². The number of nitrogens with zero attached hydrogens (tertiary/aromatic N) is 2. The Kier molecular flexibility index (Phi) is 6.05. The summed E-state index contributed by atoms with van der Waals surface area (Å²) in [5, 5.41) is 14.9. The zero-order valence-corrected chi connectivity index (χ0v) is 14.6. The number of carbonyl (C=O) groups excluding carboxylic acids is 1. The number of nitrogens with one attached hydrogen (secondary N) is 2. The van der Waals surface area contributed by atoms with Gasteiger partial charge in [-0.1, -0.05) is 6.07 Å². The Morgan fingerprint density at radius 3 is 2.40 bits per heavy atom. The molecule has 1 amide bonds. The zero-order chi connectivity index (χ0) is 18.4. The molecule has 3 N–H and O–H groups in total. The number of aryl methyl sites for hydroxylation is 3. The summed E-state index contributed by atoms with van der Waals surface area (Å²) < 4.78 is 0. The molecular weight excluding hydrogens is 320 g/mol. The van der Waals surface area contributed by atoms with Crippen molar-refractivity contribution in [1.82, 2.24) is 9.97 Å². The van der Waals surface area contributed by atoms with E-state index in [1.54, 1.807) is 6.07 Å². The summed E-state index contributed by atoms with van der Waals surface area (Å²) in [7, 11) is 0. The first-order valence-electron chi connectivity index (χ1n) is 8.05. The minimum Gasteiger partial charge on any atom is -0.478 e. The predicted molar refractivity (Wildman–Crippen MR) is 96.0 cm³/mol. The number of benzene rings is 1. The summed E-state index contributed by atoms with van der Waals surface area (Å²) in [5.41, 5.74) is 3.27. The lowest BCUT2D eigenvalue weighted by molar-refractivity contribution is -0.116. The van der Waals surface area contributed by atoms with Crippen molar-refractivity contribution < 1.29 is 14.7 Å². The number of rotatable bonds is 7. The van der Waals surface area contributed by atoms with Crippen LogP contribution in [-0.2, 0) is 4.79 Å². The highest BCUT2D eigenvalue weighted by atomic mass is 16.4. The van der Waals surface area contributed by atoms with Crippen LogP contribution in [0.25, 0.3) is 0 Å². The summed E-state index contributed by atoms with van der Waals surface area (Å²) in [6.07, 6.45) is 0.925. The summed E-state index contributed by atoms with van der Waals surface area (Å²) in [6.45, 7) is 6.20. The van der Waals surface area contributed by atoms with Crippen LogP contribution in [0.4, 0.5) is 11.6 Å². The van der Waals surface area contributed by atoms with E-state index in [1.807, 2.05) is 26.8 Å². The zero-order valence-electron chi connectivity index (χ0n) is 14.6. The average Bonchev–Trinajstić information content (AvgIpc) is 2.52. The molecule has 2 aromatic rings. The van der Waals surface area contributed by atoms with E-state index in [9.17, 15) is 9.59 Å². The number of carboxylic acids is 1. The molecule has 0 saturated heterocycles. The molecule has 0 fully saturated rings. The van der Waals surface area contributed by atoms with Gasteiger partial charge in [-0.3, -0.25) is 4.79 Å². The normalized spacial score (nSPS) is 10.4. The van der Waals surface area contributed by atoms with Crippen LogP contribution in [0.2, 0.25) is 0 Å². The van der Waals surface area contributed by atoms with E-state index in [2.05, 4.69) is 20.6 Å². The van der Waals surface area contributed by atoms with Crippen LogP contribution in [0.3, 0.4) is 0 Å². The molecule has 0 bridgehead atoms. The van der Waals surface area contributed by atoms with E-state index in [0.29, 0.717) is 31.0 Å². The molecule has 0 spiro atoms. The molecule has 0 aliphatic rings. The van der Waals surface area contributed by atoms with Gasteiger partial charge in [0.05, 0.1) is 5.56 Å². The lowest BCUT2D eigenvalue weighted by Gasteiger charge is -2.10. The number of carbonyl (C=O) groups is 2. The largest absolute Gasteiger partial charge is 0.478 e. The molecular formula is C18H22N4O3. The monoisotopic (exact) mass is 342 g/mol. The van der Waals surface area contributed by atoms with Crippen LogP contribution in [0.15, 0.2) is 24.3 Å². The van der Waals surface area contributed by atoms with E-state index < -0.39 is 5.97 Å². The van der Waals surface area contributed by atoms with Gasteiger partial charge in [0.25, 0.3) is 0 Å². The third-order valence-electron chi connectivity index (χ3n) is 3.60. The SMILES string of the molecule is Cc1cc(C)nc(NCCCC(=O)Nc2cc(C(=O)O)ccc2C)n1. The van der Waals surface area contributed by atoms with Crippen LogP contribution in [0.5, 0.6) is 0 Å². The Hall–Kier alpha value is -2.96. The Morgan fingerprint density at radius 1 is 1.08 bits per heavy atom. The number of amides is 1.